The number of nitrogens with zero attached hydrogens (tertiary/aromatic N) is 1. The fourth-order valence-corrected chi connectivity index (χ4v) is 3.33. The van der Waals surface area contributed by atoms with Crippen LogP contribution in [0.25, 0.3) is 0 Å². The van der Waals surface area contributed by atoms with Crippen LogP contribution in [0.3, 0.4) is 0 Å². The van der Waals surface area contributed by atoms with Crippen LogP contribution in [0.1, 0.15) is 6.42 Å². The smallest absolute Gasteiger partial charge is 0.229 e. The van der Waals surface area contributed by atoms with Crippen molar-refractivity contribution in [2.45, 2.75) is 6.42 Å². The maximum absolute atomic E-state index is 13.3. The lowest BCUT2D eigenvalue weighted by Gasteiger charge is -2.19. The van der Waals surface area contributed by atoms with E-state index in [1.807, 2.05) is 0 Å². The van der Waals surface area contributed by atoms with Crippen LogP contribution in [0.15, 0.2) is 36.4 Å². The molecule has 6 nitrogen and oxygen atoms in total. The van der Waals surface area contributed by atoms with Gasteiger partial charge in [-0.15, -0.1) is 0 Å². The predicted molar refractivity (Wildman–Crippen MR) is 97.9 cm³/mol. The van der Waals surface area contributed by atoms with Gasteiger partial charge in [0, 0.05) is 30.4 Å². The molecule has 2 amide bonds. The summed E-state index contributed by atoms with van der Waals surface area (Å²) in [6, 6.07) is 9.21. The minimum Gasteiger partial charge on any atom is -0.486 e. The first-order chi connectivity index (χ1) is 13.0. The summed E-state index contributed by atoms with van der Waals surface area (Å²) in [6.07, 6.45) is 0.0748. The second kappa shape index (κ2) is 7.08. The van der Waals surface area contributed by atoms with Crippen molar-refractivity contribution in [3.63, 3.8) is 0 Å². The Morgan fingerprint density at radius 1 is 1.15 bits per heavy atom. The van der Waals surface area contributed by atoms with Gasteiger partial charge in [-0.3, -0.25) is 9.59 Å². The van der Waals surface area contributed by atoms with Crippen molar-refractivity contribution in [1.29, 1.82) is 0 Å². The van der Waals surface area contributed by atoms with Crippen molar-refractivity contribution in [3.8, 4) is 11.5 Å². The molecule has 0 spiro atoms. The number of fused-ring (bicyclic) bond motifs is 1. The lowest BCUT2D eigenvalue weighted by molar-refractivity contribution is -0.122. The average Bonchev–Trinajstić information content (AvgIpc) is 3.06. The van der Waals surface area contributed by atoms with Gasteiger partial charge in [-0.1, -0.05) is 11.6 Å². The van der Waals surface area contributed by atoms with Gasteiger partial charge < -0.3 is 19.7 Å². The molecule has 0 radical (unpaired) electrons. The van der Waals surface area contributed by atoms with Crippen molar-refractivity contribution in [2.24, 2.45) is 5.92 Å². The topological polar surface area (TPSA) is 67.9 Å². The molecule has 0 aliphatic carbocycles. The second-order valence-electron chi connectivity index (χ2n) is 6.35. The zero-order valence-corrected chi connectivity index (χ0v) is 15.0. The second-order valence-corrected chi connectivity index (χ2v) is 6.76. The van der Waals surface area contributed by atoms with Gasteiger partial charge in [-0.25, -0.2) is 4.39 Å². The van der Waals surface area contributed by atoms with Crippen LogP contribution < -0.4 is 19.7 Å². The van der Waals surface area contributed by atoms with Crippen LogP contribution in [-0.2, 0) is 9.59 Å². The van der Waals surface area contributed by atoms with E-state index >= 15 is 0 Å². The highest BCUT2D eigenvalue weighted by Gasteiger charge is 2.35. The predicted octanol–water partition coefficient (Wildman–Crippen LogP) is 3.24. The Labute approximate surface area is 159 Å². The van der Waals surface area contributed by atoms with Crippen LogP contribution in [0.4, 0.5) is 15.8 Å². The highest BCUT2D eigenvalue weighted by molar-refractivity contribution is 6.31. The standard InChI is InChI=1S/C19H16ClFN2O4/c20-14-9-13(2-3-15(14)21)23-10-11(7-18(23)24)19(25)22-12-1-4-16-17(8-12)27-6-5-26-16/h1-4,8-9,11H,5-7,10H2,(H,22,25)/t11-/m0/s1. The highest BCUT2D eigenvalue weighted by Crippen LogP contribution is 2.33. The fourth-order valence-electron chi connectivity index (χ4n) is 3.15. The van der Waals surface area contributed by atoms with Crippen LogP contribution in [0.5, 0.6) is 11.5 Å². The first-order valence-corrected chi connectivity index (χ1v) is 8.85. The van der Waals surface area contributed by atoms with E-state index in [2.05, 4.69) is 5.32 Å². The van der Waals surface area contributed by atoms with E-state index in [9.17, 15) is 14.0 Å². The SMILES string of the molecule is O=C(Nc1ccc2c(c1)OCCO2)[C@H]1CC(=O)N(c2ccc(F)c(Cl)c2)C1. The third kappa shape index (κ3) is 3.55. The number of rotatable bonds is 3. The third-order valence-corrected chi connectivity index (χ3v) is 4.81. The summed E-state index contributed by atoms with van der Waals surface area (Å²) < 4.78 is 24.3. The number of benzene rings is 2. The van der Waals surface area contributed by atoms with Gasteiger partial charge in [0.2, 0.25) is 11.8 Å². The van der Waals surface area contributed by atoms with E-state index < -0.39 is 11.7 Å². The Kier molecular flexibility index (Phi) is 4.61. The fraction of sp³-hybridized carbons (Fsp3) is 0.263. The minimum absolute atomic E-state index is 0.0653. The lowest BCUT2D eigenvalue weighted by atomic mass is 10.1. The van der Waals surface area contributed by atoms with Crippen molar-refractivity contribution >= 4 is 34.8 Å². The molecule has 2 aliphatic rings. The van der Waals surface area contributed by atoms with Gasteiger partial charge in [0.1, 0.15) is 19.0 Å². The third-order valence-electron chi connectivity index (χ3n) is 4.52. The first-order valence-electron chi connectivity index (χ1n) is 8.47. The summed E-state index contributed by atoms with van der Waals surface area (Å²) in [5.41, 5.74) is 1.04. The molecule has 0 bridgehead atoms. The van der Waals surface area contributed by atoms with Crippen LogP contribution >= 0.6 is 11.6 Å². The van der Waals surface area contributed by atoms with Crippen molar-refractivity contribution in [2.75, 3.05) is 30.0 Å². The molecular weight excluding hydrogens is 375 g/mol. The van der Waals surface area contributed by atoms with Crippen molar-refractivity contribution in [1.82, 2.24) is 0 Å². The summed E-state index contributed by atoms with van der Waals surface area (Å²) in [5, 5.41) is 2.74. The van der Waals surface area contributed by atoms with E-state index in [0.717, 1.165) is 0 Å². The normalized spacial score (nSPS) is 18.5. The number of hydrogen-bond acceptors (Lipinski definition) is 4. The van der Waals surface area contributed by atoms with Crippen molar-refractivity contribution in [3.05, 3.63) is 47.2 Å². The van der Waals surface area contributed by atoms with Gasteiger partial charge >= 0.3 is 0 Å². The molecule has 140 valence electrons. The van der Waals surface area contributed by atoms with Gasteiger partial charge in [-0.2, -0.15) is 0 Å². The molecule has 1 atom stereocenters. The Balaban J connectivity index is 1.45. The number of hydrogen-bond donors (Lipinski definition) is 1. The summed E-state index contributed by atoms with van der Waals surface area (Å²) in [7, 11) is 0. The number of carbonyl (C=O) groups is 2. The molecule has 2 aliphatic heterocycles. The largest absolute Gasteiger partial charge is 0.486 e. The molecule has 2 heterocycles. The van der Waals surface area contributed by atoms with Gasteiger partial charge in [0.25, 0.3) is 0 Å². The lowest BCUT2D eigenvalue weighted by Crippen LogP contribution is -2.28. The Morgan fingerprint density at radius 3 is 2.70 bits per heavy atom. The molecule has 27 heavy (non-hydrogen) atoms. The molecule has 1 saturated heterocycles. The zero-order chi connectivity index (χ0) is 19.0. The Morgan fingerprint density at radius 2 is 1.93 bits per heavy atom. The quantitative estimate of drug-likeness (QED) is 0.873. The summed E-state index contributed by atoms with van der Waals surface area (Å²) in [6.45, 7) is 1.15. The molecule has 4 rings (SSSR count). The molecule has 0 aromatic heterocycles. The molecule has 1 N–H and O–H groups in total. The van der Waals surface area contributed by atoms with Gasteiger partial charge in [0.05, 0.1) is 10.9 Å². The molecule has 2 aromatic rings. The summed E-state index contributed by atoms with van der Waals surface area (Å²) >= 11 is 5.79. The van der Waals surface area contributed by atoms with E-state index in [1.165, 1.54) is 23.1 Å². The molecule has 2 aromatic carbocycles. The summed E-state index contributed by atoms with van der Waals surface area (Å²) in [4.78, 5) is 26.3. The molecule has 0 unspecified atom stereocenters. The molecule has 8 heteroatoms. The number of halogens is 2. The first kappa shape index (κ1) is 17.6. The average molecular weight is 391 g/mol. The van der Waals surface area contributed by atoms with Gasteiger partial charge in [0.15, 0.2) is 11.5 Å². The minimum atomic E-state index is -0.556. The van der Waals surface area contributed by atoms with Crippen LogP contribution in [0, 0.1) is 11.7 Å². The Hall–Kier alpha value is -2.80. The molecular formula is C19H16ClFN2O4. The number of ether oxygens (including phenoxy) is 2. The molecule has 0 saturated carbocycles. The van der Waals surface area contributed by atoms with E-state index in [1.54, 1.807) is 18.2 Å². The number of amides is 2. The van der Waals surface area contributed by atoms with Gasteiger partial charge in [-0.05, 0) is 30.3 Å². The van der Waals surface area contributed by atoms with Crippen molar-refractivity contribution < 1.29 is 23.5 Å². The summed E-state index contributed by atoms with van der Waals surface area (Å²) in [5.74, 6) is -0.344. The number of carbonyl (C=O) groups excluding carboxylic acids is 2. The monoisotopic (exact) mass is 390 g/mol. The highest BCUT2D eigenvalue weighted by atomic mass is 35.5. The van der Waals surface area contributed by atoms with E-state index in [0.29, 0.717) is 36.1 Å². The Bertz CT molecular complexity index is 921. The zero-order valence-electron chi connectivity index (χ0n) is 14.2. The van der Waals surface area contributed by atoms with E-state index in [4.69, 9.17) is 21.1 Å². The number of anilines is 2. The number of nitrogens with one attached hydrogen (secondary N) is 1. The maximum atomic E-state index is 13.3. The maximum Gasteiger partial charge on any atom is 0.229 e. The van der Waals surface area contributed by atoms with E-state index in [-0.39, 0.29) is 29.8 Å². The van der Waals surface area contributed by atoms with Crippen LogP contribution in [-0.4, -0.2) is 31.6 Å². The van der Waals surface area contributed by atoms with Crippen LogP contribution in [0.2, 0.25) is 5.02 Å². The molecule has 1 fully saturated rings.